The summed E-state index contributed by atoms with van der Waals surface area (Å²) in [5.41, 5.74) is 1.88. The first-order chi connectivity index (χ1) is 18.2. The second-order valence-corrected chi connectivity index (χ2v) is 10.9. The van der Waals surface area contributed by atoms with E-state index in [-0.39, 0.29) is 25.9 Å². The summed E-state index contributed by atoms with van der Waals surface area (Å²) in [6.07, 6.45) is 2.25. The molecule has 4 rings (SSSR count). The van der Waals surface area contributed by atoms with Crippen LogP contribution in [0.25, 0.3) is 0 Å². The predicted octanol–water partition coefficient (Wildman–Crippen LogP) is 3.54. The molecule has 208 valence electrons. The van der Waals surface area contributed by atoms with Gasteiger partial charge in [-0.15, -0.1) is 0 Å². The van der Waals surface area contributed by atoms with Gasteiger partial charge < -0.3 is 24.4 Å². The van der Waals surface area contributed by atoms with Crippen molar-refractivity contribution in [3.63, 3.8) is 0 Å². The average Bonchev–Trinajstić information content (AvgIpc) is 2.91. The van der Waals surface area contributed by atoms with Crippen LogP contribution < -0.4 is 0 Å². The molecule has 1 N–H and O–H groups in total. The fraction of sp³-hybridized carbons (Fsp3) is 0.481. The summed E-state index contributed by atoms with van der Waals surface area (Å²) in [6, 6.07) is 19.0. The van der Waals surface area contributed by atoms with Crippen molar-refractivity contribution in [3.8, 4) is 0 Å². The van der Waals surface area contributed by atoms with Crippen LogP contribution in [-0.4, -0.2) is 80.2 Å². The monoisotopic (exact) mass is 548 g/mol. The van der Waals surface area contributed by atoms with Gasteiger partial charge in [0.2, 0.25) is 0 Å². The fourth-order valence-electron chi connectivity index (χ4n) is 4.17. The number of benzene rings is 2. The number of piperidine rings is 2. The highest BCUT2D eigenvalue weighted by Crippen LogP contribution is 2.16. The van der Waals surface area contributed by atoms with Crippen LogP contribution in [-0.2, 0) is 37.0 Å². The number of hydrogen-bond acceptors (Lipinski definition) is 8. The fourth-order valence-corrected chi connectivity index (χ4v) is 4.82. The van der Waals surface area contributed by atoms with Crippen LogP contribution in [0.3, 0.4) is 0 Å². The molecule has 0 spiro atoms. The Balaban J connectivity index is 0.000000215. The van der Waals surface area contributed by atoms with Crippen LogP contribution in [0.1, 0.15) is 36.8 Å². The maximum Gasteiger partial charge on any atom is 0.410 e. The molecule has 38 heavy (non-hydrogen) atoms. The Kier molecular flexibility index (Phi) is 11.4. The number of aliphatic hydroxyl groups is 1. The molecule has 2 aromatic carbocycles. The van der Waals surface area contributed by atoms with Gasteiger partial charge in [0.25, 0.3) is 10.1 Å². The first-order valence-corrected chi connectivity index (χ1v) is 14.5. The number of likely N-dealkylation sites (tertiary alicyclic amines) is 2. The molecule has 0 bridgehead atoms. The van der Waals surface area contributed by atoms with Gasteiger partial charge in [0.1, 0.15) is 13.2 Å². The van der Waals surface area contributed by atoms with Gasteiger partial charge >= 0.3 is 12.2 Å². The van der Waals surface area contributed by atoms with Crippen molar-refractivity contribution in [1.29, 1.82) is 0 Å². The van der Waals surface area contributed by atoms with E-state index in [1.165, 1.54) is 4.90 Å². The van der Waals surface area contributed by atoms with Crippen molar-refractivity contribution in [3.05, 3.63) is 71.8 Å². The van der Waals surface area contributed by atoms with Crippen LogP contribution >= 0.6 is 0 Å². The number of nitrogens with zero attached hydrogens (tertiary/aromatic N) is 2. The van der Waals surface area contributed by atoms with Crippen LogP contribution in [0.15, 0.2) is 60.7 Å². The molecule has 0 saturated carbocycles. The molecule has 2 atom stereocenters. The van der Waals surface area contributed by atoms with Gasteiger partial charge in [-0.25, -0.2) is 9.59 Å². The number of rotatable bonds is 6. The van der Waals surface area contributed by atoms with Crippen LogP contribution in [0.5, 0.6) is 0 Å². The minimum absolute atomic E-state index is 0.202. The van der Waals surface area contributed by atoms with Crippen molar-refractivity contribution in [2.45, 2.75) is 51.1 Å². The molecule has 0 radical (unpaired) electrons. The van der Waals surface area contributed by atoms with Crippen LogP contribution in [0.4, 0.5) is 9.59 Å². The summed E-state index contributed by atoms with van der Waals surface area (Å²) in [7, 11) is -3.51. The minimum Gasteiger partial charge on any atom is -0.445 e. The number of amides is 2. The van der Waals surface area contributed by atoms with Gasteiger partial charge in [-0.05, 0) is 36.8 Å². The second-order valence-electron chi connectivity index (χ2n) is 9.33. The third-order valence-electron chi connectivity index (χ3n) is 6.01. The highest BCUT2D eigenvalue weighted by atomic mass is 32.2. The zero-order chi connectivity index (χ0) is 27.4. The molecule has 2 amide bonds. The topological polar surface area (TPSA) is 123 Å². The van der Waals surface area contributed by atoms with Crippen molar-refractivity contribution in [2.24, 2.45) is 0 Å². The van der Waals surface area contributed by atoms with Gasteiger partial charge in [-0.2, -0.15) is 8.42 Å². The number of carbonyl (C=O) groups excluding carboxylic acids is 2. The summed E-state index contributed by atoms with van der Waals surface area (Å²) in [5, 5.41) is 9.46. The first-order valence-electron chi connectivity index (χ1n) is 12.7. The Morgan fingerprint density at radius 2 is 1.29 bits per heavy atom. The van der Waals surface area contributed by atoms with E-state index in [1.807, 2.05) is 60.7 Å². The molecule has 0 aromatic heterocycles. The maximum atomic E-state index is 12.0. The smallest absolute Gasteiger partial charge is 0.410 e. The zero-order valence-electron chi connectivity index (χ0n) is 21.6. The number of ether oxygens (including phenoxy) is 2. The summed E-state index contributed by atoms with van der Waals surface area (Å²) >= 11 is 0. The van der Waals surface area contributed by atoms with E-state index in [9.17, 15) is 23.1 Å². The van der Waals surface area contributed by atoms with Gasteiger partial charge in [-0.1, -0.05) is 60.7 Å². The first kappa shape index (κ1) is 29.4. The standard InChI is InChI=1S/C14H19NO5S.C13H17NO3/c1-21(17,18)20-13-8-5-9-15(10-13)14(16)19-11-12-6-3-2-4-7-12;15-12-7-4-8-14(9-12)13(16)17-10-11-5-2-1-3-6-11/h2-4,6-7,13H,5,8-11H2,1H3;1-3,5-6,12,15H,4,7-10H2. The molecular formula is C27H36N2O8S. The summed E-state index contributed by atoms with van der Waals surface area (Å²) in [5.74, 6) is 0. The van der Waals surface area contributed by atoms with Gasteiger partial charge in [0.15, 0.2) is 0 Å². The lowest BCUT2D eigenvalue weighted by molar-refractivity contribution is 0.0461. The highest BCUT2D eigenvalue weighted by Gasteiger charge is 2.27. The largest absolute Gasteiger partial charge is 0.445 e. The third-order valence-corrected chi connectivity index (χ3v) is 6.63. The Morgan fingerprint density at radius 1 is 0.816 bits per heavy atom. The molecule has 2 unspecified atom stereocenters. The van der Waals surface area contributed by atoms with E-state index in [4.69, 9.17) is 13.7 Å². The Morgan fingerprint density at radius 3 is 1.76 bits per heavy atom. The molecule has 2 aliphatic heterocycles. The van der Waals surface area contributed by atoms with E-state index < -0.39 is 28.4 Å². The maximum absolute atomic E-state index is 12.0. The van der Waals surface area contributed by atoms with Crippen molar-refractivity contribution in [1.82, 2.24) is 9.80 Å². The Hall–Kier alpha value is -3.15. The van der Waals surface area contributed by atoms with Crippen LogP contribution in [0, 0.1) is 0 Å². The zero-order valence-corrected chi connectivity index (χ0v) is 22.4. The molecular weight excluding hydrogens is 512 g/mol. The van der Waals surface area contributed by atoms with E-state index in [0.717, 1.165) is 30.2 Å². The molecule has 10 nitrogen and oxygen atoms in total. The van der Waals surface area contributed by atoms with Gasteiger partial charge in [0.05, 0.1) is 25.0 Å². The third kappa shape index (κ3) is 10.7. The lowest BCUT2D eigenvalue weighted by Crippen LogP contribution is -2.44. The lowest BCUT2D eigenvalue weighted by atomic mass is 10.1. The average molecular weight is 549 g/mol. The molecule has 2 aromatic rings. The molecule has 11 heteroatoms. The van der Waals surface area contributed by atoms with E-state index in [2.05, 4.69) is 0 Å². The Labute approximate surface area is 224 Å². The van der Waals surface area contributed by atoms with E-state index in [0.29, 0.717) is 32.5 Å². The number of β-amino-alcohol motifs (C(OH)–C–C–N with tert-alkyl or cyclic N) is 1. The van der Waals surface area contributed by atoms with Crippen molar-refractivity contribution >= 4 is 22.3 Å². The predicted molar refractivity (Wildman–Crippen MR) is 141 cm³/mol. The minimum atomic E-state index is -3.51. The number of hydrogen-bond donors (Lipinski definition) is 1. The lowest BCUT2D eigenvalue weighted by Gasteiger charge is -2.31. The second kappa shape index (κ2) is 14.7. The molecule has 2 heterocycles. The molecule has 0 aliphatic carbocycles. The summed E-state index contributed by atoms with van der Waals surface area (Å²) in [4.78, 5) is 26.7. The van der Waals surface area contributed by atoms with Crippen molar-refractivity contribution < 1.29 is 36.8 Å². The van der Waals surface area contributed by atoms with Gasteiger partial charge in [0, 0.05) is 19.6 Å². The van der Waals surface area contributed by atoms with E-state index >= 15 is 0 Å². The quantitative estimate of drug-likeness (QED) is 0.544. The molecule has 2 fully saturated rings. The number of carbonyl (C=O) groups is 2. The molecule has 2 aliphatic rings. The molecule has 2 saturated heterocycles. The SMILES string of the molecule is CS(=O)(=O)OC1CCCN(C(=O)OCc2ccccc2)C1.O=C(OCc1ccccc1)N1CCCC(O)C1. The highest BCUT2D eigenvalue weighted by molar-refractivity contribution is 7.86. The number of aliphatic hydroxyl groups excluding tert-OH is 1. The Bertz CT molecular complexity index is 1110. The van der Waals surface area contributed by atoms with E-state index in [1.54, 1.807) is 4.90 Å². The van der Waals surface area contributed by atoms with Crippen LogP contribution in [0.2, 0.25) is 0 Å². The normalized spacial score (nSPS) is 19.6. The summed E-state index contributed by atoms with van der Waals surface area (Å²) in [6.45, 7) is 2.33. The van der Waals surface area contributed by atoms with Gasteiger partial charge in [-0.3, -0.25) is 4.18 Å². The van der Waals surface area contributed by atoms with Crippen molar-refractivity contribution in [2.75, 3.05) is 32.4 Å². The summed E-state index contributed by atoms with van der Waals surface area (Å²) < 4.78 is 37.6.